The highest BCUT2D eigenvalue weighted by molar-refractivity contribution is 5.98. The number of hydrogen-bond donors (Lipinski definition) is 1. The van der Waals surface area contributed by atoms with Crippen LogP contribution in [-0.2, 0) is 0 Å². The standard InChI is InChI=1S/C20H22F2N2O2/c1-12(10-21)24-11-16(13(2)25)20(26)15-8-17(22)18(9-19(15)24)23-14-6-4-3-5-7-14/h8-9,11,14,23H,1,3-7,10H2,2H3. The molecule has 0 saturated heterocycles. The third kappa shape index (κ3) is 3.41. The summed E-state index contributed by atoms with van der Waals surface area (Å²) in [5, 5.41) is 3.24. The van der Waals surface area contributed by atoms with E-state index in [1.54, 1.807) is 0 Å². The van der Waals surface area contributed by atoms with E-state index in [1.165, 1.54) is 30.2 Å². The molecular weight excluding hydrogens is 338 g/mol. The topological polar surface area (TPSA) is 51.1 Å². The van der Waals surface area contributed by atoms with Gasteiger partial charge in [0.1, 0.15) is 12.5 Å². The third-order valence-electron chi connectivity index (χ3n) is 4.93. The number of aromatic nitrogens is 1. The Morgan fingerprint density at radius 1 is 1.31 bits per heavy atom. The molecule has 0 spiro atoms. The monoisotopic (exact) mass is 360 g/mol. The van der Waals surface area contributed by atoms with Crippen LogP contribution in [0.1, 0.15) is 49.4 Å². The maximum Gasteiger partial charge on any atom is 0.200 e. The van der Waals surface area contributed by atoms with Gasteiger partial charge in [-0.1, -0.05) is 25.8 Å². The molecule has 3 rings (SSSR count). The van der Waals surface area contributed by atoms with E-state index in [0.29, 0.717) is 5.52 Å². The van der Waals surface area contributed by atoms with Gasteiger partial charge in [0.05, 0.1) is 16.8 Å². The number of ketones is 1. The van der Waals surface area contributed by atoms with Crippen molar-refractivity contribution in [2.45, 2.75) is 45.1 Å². The zero-order valence-electron chi connectivity index (χ0n) is 14.8. The maximum atomic E-state index is 14.6. The van der Waals surface area contributed by atoms with E-state index in [4.69, 9.17) is 0 Å². The minimum absolute atomic E-state index is 0.0407. The van der Waals surface area contributed by atoms with Crippen molar-refractivity contribution in [3.05, 3.63) is 46.5 Å². The number of allylic oxidation sites excluding steroid dienone is 1. The molecule has 1 saturated carbocycles. The van der Waals surface area contributed by atoms with E-state index in [0.717, 1.165) is 31.7 Å². The first-order chi connectivity index (χ1) is 12.4. The largest absolute Gasteiger partial charge is 0.380 e. The fourth-order valence-electron chi connectivity index (χ4n) is 3.50. The molecule has 0 aliphatic heterocycles. The van der Waals surface area contributed by atoms with Gasteiger partial charge >= 0.3 is 0 Å². The summed E-state index contributed by atoms with van der Waals surface area (Å²) >= 11 is 0. The first-order valence-electron chi connectivity index (χ1n) is 8.83. The van der Waals surface area contributed by atoms with Gasteiger partial charge in [-0.25, -0.2) is 8.78 Å². The van der Waals surface area contributed by atoms with Gasteiger partial charge in [-0.05, 0) is 31.9 Å². The SMILES string of the molecule is C=C(CF)n1cc(C(C)=O)c(=O)c2cc(F)c(NC3CCCCC3)cc21. The number of halogens is 2. The Labute approximate surface area is 150 Å². The van der Waals surface area contributed by atoms with Crippen molar-refractivity contribution in [3.8, 4) is 0 Å². The molecule has 0 unspecified atom stereocenters. The molecule has 1 aliphatic carbocycles. The quantitative estimate of drug-likeness (QED) is 0.797. The molecule has 1 aliphatic rings. The second-order valence-electron chi connectivity index (χ2n) is 6.83. The molecule has 26 heavy (non-hydrogen) atoms. The summed E-state index contributed by atoms with van der Waals surface area (Å²) in [5.74, 6) is -1.01. The average molecular weight is 360 g/mol. The fourth-order valence-corrected chi connectivity index (χ4v) is 3.50. The van der Waals surface area contributed by atoms with Gasteiger partial charge in [-0.2, -0.15) is 0 Å². The highest BCUT2D eigenvalue weighted by Gasteiger charge is 2.19. The molecule has 1 aromatic carbocycles. The number of carbonyl (C=O) groups excluding carboxylic acids is 1. The van der Waals surface area contributed by atoms with Crippen LogP contribution in [0.2, 0.25) is 0 Å². The van der Waals surface area contributed by atoms with Gasteiger partial charge in [-0.15, -0.1) is 0 Å². The smallest absolute Gasteiger partial charge is 0.200 e. The summed E-state index contributed by atoms with van der Waals surface area (Å²) in [4.78, 5) is 24.3. The van der Waals surface area contributed by atoms with Crippen LogP contribution in [0.15, 0.2) is 29.7 Å². The zero-order valence-corrected chi connectivity index (χ0v) is 14.8. The van der Waals surface area contributed by atoms with Crippen molar-refractivity contribution in [1.82, 2.24) is 4.57 Å². The van der Waals surface area contributed by atoms with Gasteiger partial charge in [-0.3, -0.25) is 9.59 Å². The molecule has 138 valence electrons. The normalized spacial score (nSPS) is 15.2. The van der Waals surface area contributed by atoms with Crippen LogP contribution in [0, 0.1) is 5.82 Å². The van der Waals surface area contributed by atoms with Crippen LogP contribution in [0.25, 0.3) is 16.6 Å². The highest BCUT2D eigenvalue weighted by atomic mass is 19.1. The summed E-state index contributed by atoms with van der Waals surface area (Å²) in [5.41, 5.74) is 0.0212. The molecule has 4 nitrogen and oxygen atoms in total. The number of benzene rings is 1. The number of hydrogen-bond acceptors (Lipinski definition) is 3. The van der Waals surface area contributed by atoms with E-state index < -0.39 is 23.7 Å². The summed E-state index contributed by atoms with van der Waals surface area (Å²) in [7, 11) is 0. The van der Waals surface area contributed by atoms with Gasteiger partial charge < -0.3 is 9.88 Å². The van der Waals surface area contributed by atoms with Crippen molar-refractivity contribution in [2.24, 2.45) is 0 Å². The lowest BCUT2D eigenvalue weighted by Crippen LogP contribution is -2.23. The van der Waals surface area contributed by atoms with E-state index >= 15 is 0 Å². The van der Waals surface area contributed by atoms with Crippen molar-refractivity contribution in [2.75, 3.05) is 12.0 Å². The third-order valence-corrected chi connectivity index (χ3v) is 4.93. The van der Waals surface area contributed by atoms with Crippen molar-refractivity contribution >= 4 is 28.1 Å². The predicted molar refractivity (Wildman–Crippen MR) is 100.0 cm³/mol. The Balaban J connectivity index is 2.17. The molecule has 1 fully saturated rings. The van der Waals surface area contributed by atoms with Crippen molar-refractivity contribution in [3.63, 3.8) is 0 Å². The Morgan fingerprint density at radius 2 is 2.00 bits per heavy atom. The second-order valence-corrected chi connectivity index (χ2v) is 6.83. The number of nitrogens with zero attached hydrogens (tertiary/aromatic N) is 1. The van der Waals surface area contributed by atoms with Crippen LogP contribution < -0.4 is 10.7 Å². The van der Waals surface area contributed by atoms with E-state index in [-0.39, 0.29) is 28.4 Å². The Hall–Kier alpha value is -2.50. The number of rotatable bonds is 5. The van der Waals surface area contributed by atoms with Crippen LogP contribution in [0.4, 0.5) is 14.5 Å². The molecule has 0 radical (unpaired) electrons. The molecule has 6 heteroatoms. The molecule has 1 aromatic heterocycles. The Morgan fingerprint density at radius 3 is 2.62 bits per heavy atom. The van der Waals surface area contributed by atoms with Crippen molar-refractivity contribution < 1.29 is 13.6 Å². The van der Waals surface area contributed by atoms with Crippen molar-refractivity contribution in [1.29, 1.82) is 0 Å². The summed E-state index contributed by atoms with van der Waals surface area (Å²) in [6, 6.07) is 2.81. The predicted octanol–water partition coefficient (Wildman–Crippen LogP) is 4.53. The van der Waals surface area contributed by atoms with Crippen LogP contribution >= 0.6 is 0 Å². The molecular formula is C20H22F2N2O2. The number of alkyl halides is 1. The number of carbonyl (C=O) groups is 1. The fraction of sp³-hybridized carbons (Fsp3) is 0.400. The van der Waals surface area contributed by atoms with E-state index in [2.05, 4.69) is 11.9 Å². The summed E-state index contributed by atoms with van der Waals surface area (Å²) in [6.07, 6.45) is 6.59. The van der Waals surface area contributed by atoms with Crippen LogP contribution in [0.3, 0.4) is 0 Å². The molecule has 0 atom stereocenters. The number of pyridine rings is 1. The van der Waals surface area contributed by atoms with Gasteiger partial charge in [0.2, 0.25) is 0 Å². The Bertz CT molecular complexity index is 928. The number of Topliss-reactive ketones (excluding diaryl/α,β-unsaturated/α-hetero) is 1. The zero-order chi connectivity index (χ0) is 18.8. The lowest BCUT2D eigenvalue weighted by Gasteiger charge is -2.24. The van der Waals surface area contributed by atoms with Gasteiger partial charge in [0.15, 0.2) is 11.2 Å². The first kappa shape index (κ1) is 18.3. The molecule has 2 aromatic rings. The minimum Gasteiger partial charge on any atom is -0.380 e. The molecule has 0 bridgehead atoms. The maximum absolute atomic E-state index is 14.6. The average Bonchev–Trinajstić information content (AvgIpc) is 2.63. The van der Waals surface area contributed by atoms with E-state index in [1.807, 2.05) is 0 Å². The Kier molecular flexibility index (Phi) is 5.20. The van der Waals surface area contributed by atoms with Crippen LogP contribution in [0.5, 0.6) is 0 Å². The minimum atomic E-state index is -0.849. The second kappa shape index (κ2) is 7.40. The lowest BCUT2D eigenvalue weighted by atomic mass is 9.95. The number of anilines is 1. The highest BCUT2D eigenvalue weighted by Crippen LogP contribution is 2.27. The number of fused-ring (bicyclic) bond motifs is 1. The number of nitrogens with one attached hydrogen (secondary N) is 1. The summed E-state index contributed by atoms with van der Waals surface area (Å²) < 4.78 is 29.2. The van der Waals surface area contributed by atoms with Gasteiger partial charge in [0, 0.05) is 23.3 Å². The van der Waals surface area contributed by atoms with E-state index in [9.17, 15) is 18.4 Å². The van der Waals surface area contributed by atoms with Gasteiger partial charge in [0.25, 0.3) is 0 Å². The molecule has 1 heterocycles. The first-order valence-corrected chi connectivity index (χ1v) is 8.83. The van der Waals surface area contributed by atoms with Crippen LogP contribution in [-0.4, -0.2) is 23.1 Å². The molecule has 1 N–H and O–H groups in total. The molecule has 0 amide bonds. The lowest BCUT2D eigenvalue weighted by molar-refractivity contribution is 0.101. The summed E-state index contributed by atoms with van der Waals surface area (Å²) in [6.45, 7) is 4.05.